The first kappa shape index (κ1) is 13.0. The number of rotatable bonds is 5. The van der Waals surface area contributed by atoms with Crippen LogP contribution in [0.25, 0.3) is 0 Å². The van der Waals surface area contributed by atoms with Gasteiger partial charge in [0.25, 0.3) is 11.9 Å². The Morgan fingerprint density at radius 2 is 1.24 bits per heavy atom. The van der Waals surface area contributed by atoms with Crippen molar-refractivity contribution in [2.45, 2.75) is 6.54 Å². The molecular formula is C15H14N6. The average Bonchev–Trinajstić information content (AvgIpc) is 2.56. The summed E-state index contributed by atoms with van der Waals surface area (Å²) in [5, 5.41) is 22.1. The fourth-order valence-electron chi connectivity index (χ4n) is 1.78. The van der Waals surface area contributed by atoms with Crippen molar-refractivity contribution in [2.75, 3.05) is 10.6 Å². The van der Waals surface area contributed by atoms with E-state index in [2.05, 4.69) is 31.0 Å². The van der Waals surface area contributed by atoms with Crippen molar-refractivity contribution in [3.05, 3.63) is 66.2 Å². The van der Waals surface area contributed by atoms with Crippen LogP contribution in [0.5, 0.6) is 0 Å². The molecule has 104 valence electrons. The van der Waals surface area contributed by atoms with E-state index >= 15 is 0 Å². The zero-order valence-electron chi connectivity index (χ0n) is 11.3. The first-order valence-corrected chi connectivity index (χ1v) is 6.57. The summed E-state index contributed by atoms with van der Waals surface area (Å²) in [5.74, 6) is 0.768. The molecule has 1 aromatic heterocycles. The summed E-state index contributed by atoms with van der Waals surface area (Å²) < 4.78 is 0. The minimum absolute atomic E-state index is 0.367. The number of benzene rings is 2. The van der Waals surface area contributed by atoms with Crippen LogP contribution in [-0.2, 0) is 6.54 Å². The summed E-state index contributed by atoms with van der Waals surface area (Å²) in [7, 11) is 0. The Hall–Kier alpha value is -3.02. The van der Waals surface area contributed by atoms with Crippen LogP contribution in [0.3, 0.4) is 0 Å². The molecule has 0 saturated heterocycles. The third kappa shape index (κ3) is 3.73. The first-order chi connectivity index (χ1) is 10.4. The topological polar surface area (TPSA) is 75.6 Å². The van der Waals surface area contributed by atoms with E-state index in [0.29, 0.717) is 18.4 Å². The third-order valence-electron chi connectivity index (χ3n) is 2.80. The average molecular weight is 278 g/mol. The number of hydrogen-bond acceptors (Lipinski definition) is 6. The zero-order chi connectivity index (χ0) is 14.3. The van der Waals surface area contributed by atoms with E-state index in [4.69, 9.17) is 0 Å². The molecule has 0 atom stereocenters. The lowest BCUT2D eigenvalue weighted by Crippen LogP contribution is -2.08. The van der Waals surface area contributed by atoms with Crippen molar-refractivity contribution < 1.29 is 0 Å². The van der Waals surface area contributed by atoms with Crippen molar-refractivity contribution in [3.8, 4) is 0 Å². The zero-order valence-corrected chi connectivity index (χ0v) is 11.3. The van der Waals surface area contributed by atoms with E-state index in [1.54, 1.807) is 0 Å². The van der Waals surface area contributed by atoms with E-state index < -0.39 is 0 Å². The van der Waals surface area contributed by atoms with Crippen molar-refractivity contribution in [2.24, 2.45) is 0 Å². The molecule has 6 nitrogen and oxygen atoms in total. The number of para-hydroxylation sites is 1. The predicted molar refractivity (Wildman–Crippen MR) is 81.1 cm³/mol. The van der Waals surface area contributed by atoms with E-state index in [1.165, 1.54) is 0 Å². The predicted octanol–water partition coefficient (Wildman–Crippen LogP) is 2.62. The quantitative estimate of drug-likeness (QED) is 0.747. The second-order valence-corrected chi connectivity index (χ2v) is 4.38. The summed E-state index contributed by atoms with van der Waals surface area (Å²) >= 11 is 0. The Morgan fingerprint density at radius 3 is 1.90 bits per heavy atom. The summed E-state index contributed by atoms with van der Waals surface area (Å²) in [5.41, 5.74) is 2.04. The van der Waals surface area contributed by atoms with Crippen LogP contribution in [0.1, 0.15) is 5.56 Å². The Labute approximate surface area is 122 Å². The van der Waals surface area contributed by atoms with Gasteiger partial charge in [0.1, 0.15) is 0 Å². The number of nitrogens with one attached hydrogen (secondary N) is 2. The Bertz CT molecular complexity index is 670. The molecule has 0 aliphatic carbocycles. The highest BCUT2D eigenvalue weighted by Gasteiger charge is 2.01. The first-order valence-electron chi connectivity index (χ1n) is 6.57. The highest BCUT2D eigenvalue weighted by Crippen LogP contribution is 2.10. The van der Waals surface area contributed by atoms with Crippen molar-refractivity contribution in [1.29, 1.82) is 0 Å². The fraction of sp³-hybridized carbons (Fsp3) is 0.0667. The number of aromatic nitrogens is 4. The van der Waals surface area contributed by atoms with Crippen LogP contribution in [0, 0.1) is 0 Å². The molecule has 0 unspecified atom stereocenters. The van der Waals surface area contributed by atoms with E-state index in [-0.39, 0.29) is 0 Å². The number of anilines is 3. The van der Waals surface area contributed by atoms with Gasteiger partial charge in [0.05, 0.1) is 0 Å². The summed E-state index contributed by atoms with van der Waals surface area (Å²) in [6.45, 7) is 0.635. The summed E-state index contributed by atoms with van der Waals surface area (Å²) in [4.78, 5) is 0. The highest BCUT2D eigenvalue weighted by atomic mass is 15.4. The van der Waals surface area contributed by atoms with Gasteiger partial charge >= 0.3 is 0 Å². The smallest absolute Gasteiger partial charge is 0.266 e. The summed E-state index contributed by atoms with van der Waals surface area (Å²) in [6.07, 6.45) is 0. The Morgan fingerprint density at radius 1 is 0.667 bits per heavy atom. The second-order valence-electron chi connectivity index (χ2n) is 4.38. The van der Waals surface area contributed by atoms with Gasteiger partial charge in [0.15, 0.2) is 0 Å². The highest BCUT2D eigenvalue weighted by molar-refractivity contribution is 5.51. The molecule has 3 rings (SSSR count). The lowest BCUT2D eigenvalue weighted by atomic mass is 10.2. The molecule has 0 fully saturated rings. The van der Waals surface area contributed by atoms with Crippen molar-refractivity contribution >= 4 is 17.6 Å². The van der Waals surface area contributed by atoms with Gasteiger partial charge in [-0.1, -0.05) is 48.5 Å². The lowest BCUT2D eigenvalue weighted by molar-refractivity contribution is 0.858. The largest absolute Gasteiger partial charge is 0.348 e. The second kappa shape index (κ2) is 6.42. The maximum absolute atomic E-state index is 3.99. The van der Waals surface area contributed by atoms with Crippen LogP contribution in [-0.4, -0.2) is 20.4 Å². The maximum atomic E-state index is 3.99. The van der Waals surface area contributed by atoms with Crippen molar-refractivity contribution in [1.82, 2.24) is 20.4 Å². The van der Waals surface area contributed by atoms with Gasteiger partial charge < -0.3 is 10.6 Å². The molecule has 0 bridgehead atoms. The molecule has 0 radical (unpaired) electrons. The Balaban J connectivity index is 1.59. The molecule has 2 N–H and O–H groups in total. The van der Waals surface area contributed by atoms with Crippen molar-refractivity contribution in [3.63, 3.8) is 0 Å². The van der Waals surface area contributed by atoms with Gasteiger partial charge in [-0.25, -0.2) is 0 Å². The van der Waals surface area contributed by atoms with Gasteiger partial charge in [-0.3, -0.25) is 0 Å². The molecule has 0 spiro atoms. The minimum atomic E-state index is 0.367. The molecule has 3 aromatic rings. The van der Waals surface area contributed by atoms with Crippen LogP contribution in [0.15, 0.2) is 60.7 Å². The third-order valence-corrected chi connectivity index (χ3v) is 2.80. The molecule has 0 amide bonds. The molecule has 0 aliphatic heterocycles. The van der Waals surface area contributed by atoms with Crippen LogP contribution in [0.4, 0.5) is 17.6 Å². The molecule has 21 heavy (non-hydrogen) atoms. The molecule has 0 aliphatic rings. The van der Waals surface area contributed by atoms with Gasteiger partial charge in [-0.2, -0.15) is 0 Å². The normalized spacial score (nSPS) is 10.1. The Kier molecular flexibility index (Phi) is 3.97. The van der Waals surface area contributed by atoms with Gasteiger partial charge in [-0.05, 0) is 17.7 Å². The molecule has 0 saturated carbocycles. The molecule has 1 heterocycles. The number of hydrogen-bond donors (Lipinski definition) is 2. The van der Waals surface area contributed by atoms with Crippen LogP contribution < -0.4 is 10.6 Å². The minimum Gasteiger partial charge on any atom is -0.348 e. The number of nitrogens with zero attached hydrogens (tertiary/aromatic N) is 4. The molecule has 2 aromatic carbocycles. The van der Waals surface area contributed by atoms with Gasteiger partial charge in [-0.15, -0.1) is 20.4 Å². The van der Waals surface area contributed by atoms with Gasteiger partial charge in [0.2, 0.25) is 0 Å². The fourth-order valence-corrected chi connectivity index (χ4v) is 1.78. The lowest BCUT2D eigenvalue weighted by Gasteiger charge is -2.05. The standard InChI is InChI=1S/C15H14N6/c1-3-7-12(8-4-1)11-16-14-18-20-15(21-19-14)17-13-9-5-2-6-10-13/h1-10H,11H2,(H,16,18,19)(H,17,20,21). The SMILES string of the molecule is c1ccc(CNc2nnc(Nc3ccccc3)nn2)cc1. The maximum Gasteiger partial charge on any atom is 0.266 e. The van der Waals surface area contributed by atoms with E-state index in [0.717, 1.165) is 11.3 Å². The molecule has 6 heteroatoms. The van der Waals surface area contributed by atoms with E-state index in [1.807, 2.05) is 60.7 Å². The monoisotopic (exact) mass is 278 g/mol. The van der Waals surface area contributed by atoms with Crippen LogP contribution >= 0.6 is 0 Å². The van der Waals surface area contributed by atoms with E-state index in [9.17, 15) is 0 Å². The van der Waals surface area contributed by atoms with Crippen LogP contribution in [0.2, 0.25) is 0 Å². The molecular weight excluding hydrogens is 264 g/mol. The van der Waals surface area contributed by atoms with Gasteiger partial charge in [0, 0.05) is 12.2 Å². The summed E-state index contributed by atoms with van der Waals surface area (Å²) in [6, 6.07) is 19.7.